The van der Waals surface area contributed by atoms with Crippen LogP contribution in [-0.2, 0) is 15.1 Å². The van der Waals surface area contributed by atoms with Crippen LogP contribution in [0.3, 0.4) is 0 Å². The Morgan fingerprint density at radius 2 is 2.00 bits per heavy atom. The van der Waals surface area contributed by atoms with Crippen molar-refractivity contribution in [3.05, 3.63) is 23.8 Å². The molecule has 4 aliphatic rings. The lowest BCUT2D eigenvalue weighted by Gasteiger charge is -2.29. The Morgan fingerprint density at radius 3 is 2.71 bits per heavy atom. The average Bonchev–Trinajstić information content (AvgIpc) is 3.45. The van der Waals surface area contributed by atoms with Crippen LogP contribution in [0.4, 0.5) is 4.79 Å². The number of carbonyl (C=O) groups is 3. The fraction of sp³-hybridized carbons (Fsp3) is 0.609. The van der Waals surface area contributed by atoms with Gasteiger partial charge in [-0.15, -0.1) is 0 Å². The molecule has 2 saturated carbocycles. The van der Waals surface area contributed by atoms with Gasteiger partial charge in [-0.05, 0) is 68.6 Å². The summed E-state index contributed by atoms with van der Waals surface area (Å²) in [5.41, 5.74) is -0.669. The van der Waals surface area contributed by atoms with E-state index in [0.717, 1.165) is 17.2 Å². The fourth-order valence-corrected chi connectivity index (χ4v) is 5.85. The van der Waals surface area contributed by atoms with E-state index in [1.807, 2.05) is 6.92 Å². The van der Waals surface area contributed by atoms with Crippen molar-refractivity contribution in [2.24, 2.45) is 17.8 Å². The number of rotatable bonds is 5. The Morgan fingerprint density at radius 1 is 1.23 bits per heavy atom. The van der Waals surface area contributed by atoms with Crippen LogP contribution in [0.2, 0.25) is 0 Å². The summed E-state index contributed by atoms with van der Waals surface area (Å²) in [6, 6.07) is 4.68. The number of nitrogens with one attached hydrogen (secondary N) is 2. The molecule has 0 aromatic heterocycles. The second kappa shape index (κ2) is 7.43. The topological polar surface area (TPSA) is 97.0 Å². The highest BCUT2D eigenvalue weighted by atomic mass is 16.6. The molecule has 166 valence electrons. The second-order valence-electron chi connectivity index (χ2n) is 9.50. The molecule has 2 aliphatic heterocycles. The number of hydrogen-bond donors (Lipinski definition) is 2. The summed E-state index contributed by atoms with van der Waals surface area (Å²) in [7, 11) is 0. The van der Waals surface area contributed by atoms with Gasteiger partial charge in [0.2, 0.25) is 5.91 Å². The lowest BCUT2D eigenvalue weighted by Crippen LogP contribution is -2.47. The van der Waals surface area contributed by atoms with Crippen LogP contribution in [-0.4, -0.2) is 48.5 Å². The molecule has 5 rings (SSSR count). The molecule has 1 saturated heterocycles. The number of benzene rings is 1. The molecule has 4 amide bonds. The smallest absolute Gasteiger partial charge is 0.325 e. The maximum atomic E-state index is 13.2. The lowest BCUT2D eigenvalue weighted by molar-refractivity contribution is -0.135. The van der Waals surface area contributed by atoms with Crippen molar-refractivity contribution in [3.8, 4) is 11.5 Å². The Labute approximate surface area is 181 Å². The summed E-state index contributed by atoms with van der Waals surface area (Å²) in [5, 5.41) is 5.78. The van der Waals surface area contributed by atoms with Gasteiger partial charge in [-0.3, -0.25) is 14.5 Å². The molecule has 2 aliphatic carbocycles. The molecule has 8 heteroatoms. The lowest BCUT2D eigenvalue weighted by atomic mass is 9.84. The van der Waals surface area contributed by atoms with Gasteiger partial charge in [-0.25, -0.2) is 4.79 Å². The van der Waals surface area contributed by atoms with E-state index in [1.54, 1.807) is 25.1 Å². The molecule has 1 aromatic carbocycles. The SMILES string of the molecule is CC(NC(=O)CN1C(=O)NC(C)(c2ccc3c(c2)OCCO3)C1=O)C1CC2CCC1C2. The normalized spacial score (nSPS) is 32.2. The van der Waals surface area contributed by atoms with Gasteiger partial charge in [0.1, 0.15) is 25.3 Å². The van der Waals surface area contributed by atoms with Gasteiger partial charge in [-0.1, -0.05) is 12.5 Å². The Hall–Kier alpha value is -2.77. The third-order valence-electron chi connectivity index (χ3n) is 7.52. The van der Waals surface area contributed by atoms with Gasteiger partial charge in [0, 0.05) is 6.04 Å². The van der Waals surface area contributed by atoms with E-state index in [0.29, 0.717) is 42.1 Å². The van der Waals surface area contributed by atoms with Crippen LogP contribution in [0.1, 0.15) is 45.1 Å². The molecule has 0 radical (unpaired) electrons. The quantitative estimate of drug-likeness (QED) is 0.702. The zero-order valence-corrected chi connectivity index (χ0v) is 18.0. The largest absolute Gasteiger partial charge is 0.486 e. The van der Waals surface area contributed by atoms with E-state index in [2.05, 4.69) is 10.6 Å². The van der Waals surface area contributed by atoms with Gasteiger partial charge in [0.05, 0.1) is 0 Å². The van der Waals surface area contributed by atoms with Crippen molar-refractivity contribution in [2.45, 2.75) is 51.1 Å². The monoisotopic (exact) mass is 427 g/mol. The molecule has 5 unspecified atom stereocenters. The Kier molecular flexibility index (Phi) is 4.83. The van der Waals surface area contributed by atoms with Crippen LogP contribution in [0.15, 0.2) is 18.2 Å². The minimum absolute atomic E-state index is 0.0488. The first-order valence-corrected chi connectivity index (χ1v) is 11.2. The molecule has 2 heterocycles. The number of carbonyl (C=O) groups excluding carboxylic acids is 3. The fourth-order valence-electron chi connectivity index (χ4n) is 5.85. The standard InChI is InChI=1S/C23H29N3O5/c1-13(17-10-14-3-4-15(17)9-14)24-20(27)12-26-21(28)23(2,25-22(26)29)16-5-6-18-19(11-16)31-8-7-30-18/h5-6,11,13-15,17H,3-4,7-10,12H2,1-2H3,(H,24,27)(H,25,29). The summed E-state index contributed by atoms with van der Waals surface area (Å²) in [5.74, 6) is 2.39. The Bertz CT molecular complexity index is 934. The van der Waals surface area contributed by atoms with E-state index < -0.39 is 17.5 Å². The molecule has 8 nitrogen and oxygen atoms in total. The third-order valence-corrected chi connectivity index (χ3v) is 7.52. The summed E-state index contributed by atoms with van der Waals surface area (Å²) < 4.78 is 11.1. The van der Waals surface area contributed by atoms with Crippen LogP contribution >= 0.6 is 0 Å². The molecule has 5 atom stereocenters. The number of nitrogens with zero attached hydrogens (tertiary/aromatic N) is 1. The third kappa shape index (κ3) is 3.42. The molecule has 0 spiro atoms. The molecule has 1 aromatic rings. The average molecular weight is 428 g/mol. The van der Waals surface area contributed by atoms with Gasteiger partial charge in [-0.2, -0.15) is 0 Å². The number of ether oxygens (including phenoxy) is 2. The van der Waals surface area contributed by atoms with E-state index >= 15 is 0 Å². The molecule has 3 fully saturated rings. The van der Waals surface area contributed by atoms with Crippen molar-refractivity contribution in [1.82, 2.24) is 15.5 Å². The molecule has 2 bridgehead atoms. The predicted octanol–water partition coefficient (Wildman–Crippen LogP) is 2.17. The number of urea groups is 1. The van der Waals surface area contributed by atoms with Crippen molar-refractivity contribution < 1.29 is 23.9 Å². The summed E-state index contributed by atoms with van der Waals surface area (Å²) in [6.07, 6.45) is 4.99. The summed E-state index contributed by atoms with van der Waals surface area (Å²) in [6.45, 7) is 4.31. The van der Waals surface area contributed by atoms with Crippen LogP contribution in [0.25, 0.3) is 0 Å². The zero-order chi connectivity index (χ0) is 21.8. The van der Waals surface area contributed by atoms with E-state index in [-0.39, 0.29) is 18.5 Å². The first-order chi connectivity index (χ1) is 14.8. The summed E-state index contributed by atoms with van der Waals surface area (Å²) >= 11 is 0. The Balaban J connectivity index is 1.26. The minimum atomic E-state index is -1.26. The number of hydrogen-bond acceptors (Lipinski definition) is 5. The van der Waals surface area contributed by atoms with Crippen molar-refractivity contribution in [2.75, 3.05) is 19.8 Å². The summed E-state index contributed by atoms with van der Waals surface area (Å²) in [4.78, 5) is 39.5. The van der Waals surface area contributed by atoms with Crippen LogP contribution in [0.5, 0.6) is 11.5 Å². The maximum absolute atomic E-state index is 13.2. The first kappa shape index (κ1) is 20.2. The zero-order valence-electron chi connectivity index (χ0n) is 18.0. The van der Waals surface area contributed by atoms with E-state index in [4.69, 9.17) is 9.47 Å². The van der Waals surface area contributed by atoms with Gasteiger partial charge in [0.25, 0.3) is 5.91 Å². The van der Waals surface area contributed by atoms with Gasteiger partial charge >= 0.3 is 6.03 Å². The highest BCUT2D eigenvalue weighted by Crippen LogP contribution is 2.49. The van der Waals surface area contributed by atoms with E-state index in [9.17, 15) is 14.4 Å². The number of imide groups is 1. The molecule has 2 N–H and O–H groups in total. The van der Waals surface area contributed by atoms with Crippen molar-refractivity contribution in [3.63, 3.8) is 0 Å². The number of fused-ring (bicyclic) bond motifs is 3. The van der Waals surface area contributed by atoms with Crippen LogP contribution in [0, 0.1) is 17.8 Å². The van der Waals surface area contributed by atoms with Gasteiger partial charge < -0.3 is 20.1 Å². The molecular formula is C23H29N3O5. The van der Waals surface area contributed by atoms with Crippen molar-refractivity contribution >= 4 is 17.8 Å². The molecule has 31 heavy (non-hydrogen) atoms. The maximum Gasteiger partial charge on any atom is 0.325 e. The predicted molar refractivity (Wildman–Crippen MR) is 112 cm³/mol. The van der Waals surface area contributed by atoms with Gasteiger partial charge in [0.15, 0.2) is 11.5 Å². The van der Waals surface area contributed by atoms with E-state index in [1.165, 1.54) is 19.3 Å². The van der Waals surface area contributed by atoms with Crippen LogP contribution < -0.4 is 20.1 Å². The minimum Gasteiger partial charge on any atom is -0.486 e. The second-order valence-corrected chi connectivity index (χ2v) is 9.50. The number of amides is 4. The first-order valence-electron chi connectivity index (χ1n) is 11.2. The highest BCUT2D eigenvalue weighted by Gasteiger charge is 2.50. The van der Waals surface area contributed by atoms with Crippen molar-refractivity contribution in [1.29, 1.82) is 0 Å². The molecular weight excluding hydrogens is 398 g/mol. The highest BCUT2D eigenvalue weighted by molar-refractivity contribution is 6.09.